The predicted molar refractivity (Wildman–Crippen MR) is 73.1 cm³/mol. The summed E-state index contributed by atoms with van der Waals surface area (Å²) >= 11 is 0. The number of rotatable bonds is 5. The second-order valence-electron chi connectivity index (χ2n) is 4.62. The quantitative estimate of drug-likeness (QED) is 0.760. The van der Waals surface area contributed by atoms with Crippen LogP contribution in [0.5, 0.6) is 5.75 Å². The zero-order chi connectivity index (χ0) is 13.3. The van der Waals surface area contributed by atoms with E-state index in [-0.39, 0.29) is 0 Å². The van der Waals surface area contributed by atoms with E-state index in [2.05, 4.69) is 11.0 Å². The van der Waals surface area contributed by atoms with Crippen LogP contribution in [0, 0.1) is 11.3 Å². The number of hydrogen-bond acceptors (Lipinski definition) is 4. The maximum Gasteiger partial charge on any atom is 0.137 e. The van der Waals surface area contributed by atoms with E-state index in [9.17, 15) is 0 Å². The third-order valence-electron chi connectivity index (χ3n) is 3.20. The molecule has 4 nitrogen and oxygen atoms in total. The van der Waals surface area contributed by atoms with Crippen LogP contribution in [0.15, 0.2) is 24.3 Å². The highest BCUT2D eigenvalue weighted by atomic mass is 16.5. The number of hydrogen-bond donors (Lipinski definition) is 0. The number of benzene rings is 1. The van der Waals surface area contributed by atoms with Gasteiger partial charge in [0, 0.05) is 26.2 Å². The first-order valence-corrected chi connectivity index (χ1v) is 6.82. The van der Waals surface area contributed by atoms with Crippen molar-refractivity contribution in [1.82, 2.24) is 4.90 Å². The Hall–Kier alpha value is -1.57. The molecule has 0 N–H and O–H groups in total. The van der Waals surface area contributed by atoms with E-state index in [4.69, 9.17) is 14.7 Å². The van der Waals surface area contributed by atoms with Crippen molar-refractivity contribution in [3.05, 3.63) is 29.8 Å². The van der Waals surface area contributed by atoms with Crippen molar-refractivity contribution >= 4 is 0 Å². The van der Waals surface area contributed by atoms with Crippen LogP contribution in [0.4, 0.5) is 0 Å². The Balaban J connectivity index is 1.70. The molecule has 1 fully saturated rings. The Morgan fingerprint density at radius 2 is 2.16 bits per heavy atom. The lowest BCUT2D eigenvalue weighted by molar-refractivity contribution is 0.140. The van der Waals surface area contributed by atoms with Crippen molar-refractivity contribution in [1.29, 1.82) is 5.26 Å². The van der Waals surface area contributed by atoms with Gasteiger partial charge in [-0.25, -0.2) is 0 Å². The molecule has 1 aliphatic heterocycles. The largest absolute Gasteiger partial charge is 0.492 e. The van der Waals surface area contributed by atoms with E-state index in [1.54, 1.807) is 6.07 Å². The number of nitriles is 1. The molecule has 1 saturated heterocycles. The number of ether oxygens (including phenoxy) is 2. The Morgan fingerprint density at radius 3 is 3.05 bits per heavy atom. The van der Waals surface area contributed by atoms with Crippen molar-refractivity contribution < 1.29 is 9.47 Å². The maximum absolute atomic E-state index is 8.96. The molecule has 0 saturated carbocycles. The average molecular weight is 260 g/mol. The Bertz CT molecular complexity index is 420. The van der Waals surface area contributed by atoms with Crippen molar-refractivity contribution in [3.63, 3.8) is 0 Å². The highest BCUT2D eigenvalue weighted by molar-refractivity contribution is 5.42. The fourth-order valence-electron chi connectivity index (χ4n) is 2.18. The SMILES string of the molecule is N#Cc1ccccc1OCCCN1CCCOCC1. The van der Waals surface area contributed by atoms with Gasteiger partial charge in [0.05, 0.1) is 18.8 Å². The Morgan fingerprint density at radius 1 is 1.26 bits per heavy atom. The van der Waals surface area contributed by atoms with E-state index in [0.29, 0.717) is 17.9 Å². The van der Waals surface area contributed by atoms with Crippen LogP contribution < -0.4 is 4.74 Å². The first-order chi connectivity index (χ1) is 9.40. The van der Waals surface area contributed by atoms with Gasteiger partial charge in [-0.1, -0.05) is 12.1 Å². The average Bonchev–Trinajstić information content (AvgIpc) is 2.72. The molecule has 102 valence electrons. The summed E-state index contributed by atoms with van der Waals surface area (Å²) in [6, 6.07) is 9.51. The lowest BCUT2D eigenvalue weighted by Crippen LogP contribution is -2.28. The third kappa shape index (κ3) is 4.55. The summed E-state index contributed by atoms with van der Waals surface area (Å²) in [6.45, 7) is 5.50. The van der Waals surface area contributed by atoms with Crippen molar-refractivity contribution in [2.75, 3.05) is 39.5 Å². The molecule has 1 aliphatic rings. The molecule has 0 amide bonds. The molecule has 0 spiro atoms. The zero-order valence-electron chi connectivity index (χ0n) is 11.2. The van der Waals surface area contributed by atoms with Crippen LogP contribution in [0.25, 0.3) is 0 Å². The predicted octanol–water partition coefficient (Wildman–Crippen LogP) is 2.05. The molecule has 4 heteroatoms. The fourth-order valence-corrected chi connectivity index (χ4v) is 2.18. The second-order valence-corrected chi connectivity index (χ2v) is 4.62. The van der Waals surface area contributed by atoms with Crippen LogP contribution >= 0.6 is 0 Å². The minimum Gasteiger partial charge on any atom is -0.492 e. The Kier molecular flexibility index (Phi) is 5.67. The van der Waals surface area contributed by atoms with Gasteiger partial charge in [-0.05, 0) is 25.0 Å². The molecule has 0 atom stereocenters. The zero-order valence-corrected chi connectivity index (χ0v) is 11.2. The van der Waals surface area contributed by atoms with Crippen LogP contribution in [-0.4, -0.2) is 44.4 Å². The van der Waals surface area contributed by atoms with Crippen LogP contribution in [0.3, 0.4) is 0 Å². The van der Waals surface area contributed by atoms with Crippen LogP contribution in [-0.2, 0) is 4.74 Å². The molecule has 0 aliphatic carbocycles. The number of para-hydroxylation sites is 1. The summed E-state index contributed by atoms with van der Waals surface area (Å²) in [7, 11) is 0. The smallest absolute Gasteiger partial charge is 0.137 e. The molecule has 2 rings (SSSR count). The maximum atomic E-state index is 8.96. The highest BCUT2D eigenvalue weighted by Gasteiger charge is 2.08. The monoisotopic (exact) mass is 260 g/mol. The van der Waals surface area contributed by atoms with E-state index in [1.807, 2.05) is 18.2 Å². The summed E-state index contributed by atoms with van der Waals surface area (Å²) in [5.74, 6) is 0.684. The number of nitrogens with zero attached hydrogens (tertiary/aromatic N) is 2. The van der Waals surface area contributed by atoms with E-state index < -0.39 is 0 Å². The van der Waals surface area contributed by atoms with Gasteiger partial charge in [0.15, 0.2) is 0 Å². The fraction of sp³-hybridized carbons (Fsp3) is 0.533. The molecule has 19 heavy (non-hydrogen) atoms. The minimum absolute atomic E-state index is 0.602. The van der Waals surface area contributed by atoms with Gasteiger partial charge in [0.1, 0.15) is 11.8 Å². The Labute approximate surface area is 114 Å². The molecule has 1 heterocycles. The summed E-state index contributed by atoms with van der Waals surface area (Å²) in [5, 5.41) is 8.96. The lowest BCUT2D eigenvalue weighted by atomic mass is 10.2. The molecule has 1 aromatic carbocycles. The summed E-state index contributed by atoms with van der Waals surface area (Å²) in [6.07, 6.45) is 2.08. The van der Waals surface area contributed by atoms with Gasteiger partial charge >= 0.3 is 0 Å². The molecular weight excluding hydrogens is 240 g/mol. The standard InChI is InChI=1S/C15H20N2O2/c16-13-14-5-1-2-6-15(14)19-11-4-8-17-7-3-10-18-12-9-17/h1-2,5-6H,3-4,7-12H2. The molecule has 0 unspecified atom stereocenters. The van der Waals surface area contributed by atoms with Crippen molar-refractivity contribution in [2.24, 2.45) is 0 Å². The summed E-state index contributed by atoms with van der Waals surface area (Å²) in [5.41, 5.74) is 0.602. The van der Waals surface area contributed by atoms with Gasteiger partial charge in [-0.3, -0.25) is 0 Å². The molecule has 1 aromatic rings. The van der Waals surface area contributed by atoms with Crippen LogP contribution in [0.1, 0.15) is 18.4 Å². The van der Waals surface area contributed by atoms with E-state index in [0.717, 1.165) is 45.7 Å². The minimum atomic E-state index is 0.602. The van der Waals surface area contributed by atoms with Gasteiger partial charge in [0.2, 0.25) is 0 Å². The molecule has 0 bridgehead atoms. The van der Waals surface area contributed by atoms with E-state index in [1.165, 1.54) is 0 Å². The topological polar surface area (TPSA) is 45.5 Å². The van der Waals surface area contributed by atoms with Gasteiger partial charge in [-0.2, -0.15) is 5.26 Å². The normalized spacial score (nSPS) is 16.6. The van der Waals surface area contributed by atoms with Crippen LogP contribution in [0.2, 0.25) is 0 Å². The van der Waals surface area contributed by atoms with Crippen molar-refractivity contribution in [2.45, 2.75) is 12.8 Å². The molecule has 0 radical (unpaired) electrons. The molecule has 0 aromatic heterocycles. The first kappa shape index (κ1) is 13.9. The second kappa shape index (κ2) is 7.78. The summed E-state index contributed by atoms with van der Waals surface area (Å²) in [4.78, 5) is 2.41. The van der Waals surface area contributed by atoms with Gasteiger partial charge < -0.3 is 14.4 Å². The van der Waals surface area contributed by atoms with E-state index >= 15 is 0 Å². The van der Waals surface area contributed by atoms with Crippen molar-refractivity contribution in [3.8, 4) is 11.8 Å². The first-order valence-electron chi connectivity index (χ1n) is 6.82. The highest BCUT2D eigenvalue weighted by Crippen LogP contribution is 2.16. The van der Waals surface area contributed by atoms with Gasteiger partial charge in [-0.15, -0.1) is 0 Å². The molecular formula is C15H20N2O2. The third-order valence-corrected chi connectivity index (χ3v) is 3.20. The summed E-state index contributed by atoms with van der Waals surface area (Å²) < 4.78 is 11.1. The van der Waals surface area contributed by atoms with Gasteiger partial charge in [0.25, 0.3) is 0 Å². The lowest BCUT2D eigenvalue weighted by Gasteiger charge is -2.18.